The lowest BCUT2D eigenvalue weighted by Gasteiger charge is -2.37. The quantitative estimate of drug-likeness (QED) is 0.0170. The number of amides is 9. The molecule has 630 valence electrons. The van der Waals surface area contributed by atoms with Crippen molar-refractivity contribution in [2.45, 2.75) is 135 Å². The lowest BCUT2D eigenvalue weighted by atomic mass is 9.85. The number of aromatic nitrogens is 2. The zero-order valence-corrected chi connectivity index (χ0v) is 67.0. The third-order valence-electron chi connectivity index (χ3n) is 19.4. The number of carbonyl (C=O) groups is 11. The van der Waals surface area contributed by atoms with Gasteiger partial charge in [0.05, 0.1) is 121 Å². The SMILES string of the molecule is CCc1c2c(nc3ccccc13)-c1cc3c(c(=O)n1C2)COC(=O)[C@@]3(CC)OC(=O)[C@@H](NC(=O)[C@@H]1CCCN1C(=O)CNC(=O)CN(C)CCN(C)CCN(C)CCNC(=O)CCCC(=O)N[C@@H](CCC(=O)NCCNC(=O)CCOCCOCCOCCN)C(=O)NCCNC(=O)CCOCCOCCOCCN)C(C)C. The Balaban J connectivity index is 0.854. The van der Waals surface area contributed by atoms with Crippen LogP contribution in [0.15, 0.2) is 35.1 Å². The first kappa shape index (κ1) is 93.2. The van der Waals surface area contributed by atoms with Gasteiger partial charge in [-0.25, -0.2) is 14.6 Å². The molecule has 36 nitrogen and oxygen atoms in total. The number of nitrogens with one attached hydrogen (secondary N) is 8. The Morgan fingerprint density at radius 3 is 1.75 bits per heavy atom. The van der Waals surface area contributed by atoms with Crippen LogP contribution in [0, 0.1) is 5.92 Å². The Kier molecular flexibility index (Phi) is 41.7. The number of nitrogens with two attached hydrogens (primary N) is 2. The Morgan fingerprint density at radius 1 is 0.619 bits per heavy atom. The molecular formula is C77H122N16O20. The molecule has 0 bridgehead atoms. The summed E-state index contributed by atoms with van der Waals surface area (Å²) in [7, 11) is 5.65. The number of pyridine rings is 2. The molecule has 0 unspecified atom stereocenters. The van der Waals surface area contributed by atoms with Crippen LogP contribution < -0.4 is 59.6 Å². The van der Waals surface area contributed by atoms with Crippen LogP contribution in [0.5, 0.6) is 0 Å². The van der Waals surface area contributed by atoms with Crippen molar-refractivity contribution in [1.29, 1.82) is 0 Å². The van der Waals surface area contributed by atoms with E-state index in [4.69, 9.17) is 54.3 Å². The fourth-order valence-electron chi connectivity index (χ4n) is 13.0. The maximum atomic E-state index is 14.4. The second-order valence-corrected chi connectivity index (χ2v) is 28.3. The highest BCUT2D eigenvalue weighted by Gasteiger charge is 2.52. The molecule has 9 amide bonds. The molecule has 2 aromatic heterocycles. The van der Waals surface area contributed by atoms with Crippen molar-refractivity contribution in [2.75, 3.05) is 199 Å². The number of aryl methyl sites for hydroxylation is 1. The molecule has 6 rings (SSSR count). The smallest absolute Gasteiger partial charge is 0.355 e. The number of likely N-dealkylation sites (N-methyl/N-ethyl adjacent to an activating group) is 3. The van der Waals surface area contributed by atoms with Gasteiger partial charge in [0.15, 0.2) is 0 Å². The molecule has 5 heterocycles. The van der Waals surface area contributed by atoms with Crippen LogP contribution in [-0.2, 0) is 116 Å². The van der Waals surface area contributed by atoms with Gasteiger partial charge in [-0.2, -0.15) is 0 Å². The molecule has 0 aliphatic carbocycles. The average molecular weight is 1590 g/mol. The summed E-state index contributed by atoms with van der Waals surface area (Å²) in [6.07, 6.45) is 1.52. The topological polar surface area (TPSA) is 458 Å². The second kappa shape index (κ2) is 50.5. The molecule has 3 aliphatic heterocycles. The number of cyclic esters (lactones) is 1. The standard InChI is InChI=1S/C77H122N16O20/c1-8-54-55-14-10-11-15-59(55)87-71-56(54)50-93-62(71)48-58-57(74(93)103)52-112-76(105)77(58,9-2)113-75(104)70(53(3)4)88-73(102)61-16-13-30-92(61)69(100)49-85-68(99)51-91(7)35-34-90(6)33-32-89(5)31-29-83-63(94)17-12-18-67(98)86-60(72(101)84-28-27-82-66(97)22-37-107-41-45-111-47-43-109-39-24-79)19-20-64(95)80-25-26-81-65(96)21-36-106-40-44-110-46-42-108-38-23-78/h10-11,14-15,48,53,60-61,70H,8-9,12-13,16-47,49-52,78-79H2,1-7H3,(H,80,95)(H,81,96)(H,82,97)(H,83,94)(H,84,101)(H,85,99)(H,86,98)(H,88,102)/t60-,61-,70-,77-/m0/s1. The molecule has 1 saturated heterocycles. The van der Waals surface area contributed by atoms with Gasteiger partial charge in [0.25, 0.3) is 5.56 Å². The van der Waals surface area contributed by atoms with E-state index in [1.165, 1.54) is 4.90 Å². The Hall–Kier alpha value is -8.69. The van der Waals surface area contributed by atoms with Crippen LogP contribution in [0.25, 0.3) is 22.3 Å². The molecule has 36 heteroatoms. The monoisotopic (exact) mass is 1590 g/mol. The summed E-state index contributed by atoms with van der Waals surface area (Å²) in [4.78, 5) is 173. The highest BCUT2D eigenvalue weighted by atomic mass is 16.6. The van der Waals surface area contributed by atoms with Crippen molar-refractivity contribution in [1.82, 2.24) is 71.7 Å². The zero-order valence-electron chi connectivity index (χ0n) is 67.0. The fraction of sp³-hybridized carbons (Fsp3) is 0.675. The maximum absolute atomic E-state index is 14.4. The molecule has 1 fully saturated rings. The number of para-hydroxylation sites is 1. The molecule has 1 aromatic carbocycles. The summed E-state index contributed by atoms with van der Waals surface area (Å²) in [5.41, 5.74) is 12.6. The molecule has 12 N–H and O–H groups in total. The first-order valence-corrected chi connectivity index (χ1v) is 39.5. The van der Waals surface area contributed by atoms with Gasteiger partial charge in [0.1, 0.15) is 24.7 Å². The lowest BCUT2D eigenvalue weighted by Crippen LogP contribution is -2.56. The van der Waals surface area contributed by atoms with E-state index in [-0.39, 0.29) is 158 Å². The number of ether oxygens (including phenoxy) is 8. The van der Waals surface area contributed by atoms with Crippen molar-refractivity contribution >= 4 is 76.0 Å². The van der Waals surface area contributed by atoms with Crippen molar-refractivity contribution in [2.24, 2.45) is 17.4 Å². The van der Waals surface area contributed by atoms with Gasteiger partial charge in [0, 0.05) is 134 Å². The number of rotatable bonds is 57. The summed E-state index contributed by atoms with van der Waals surface area (Å²) < 4.78 is 45.6. The zero-order chi connectivity index (χ0) is 82.1. The largest absolute Gasteiger partial charge is 0.457 e. The minimum absolute atomic E-state index is 0.00792. The van der Waals surface area contributed by atoms with Gasteiger partial charge in [0.2, 0.25) is 58.8 Å². The van der Waals surface area contributed by atoms with Crippen LogP contribution in [0.2, 0.25) is 0 Å². The highest BCUT2D eigenvalue weighted by Crippen LogP contribution is 2.42. The summed E-state index contributed by atoms with van der Waals surface area (Å²) >= 11 is 0. The summed E-state index contributed by atoms with van der Waals surface area (Å²) in [5.74, 6) is -6.13. The number of carbonyl (C=O) groups excluding carboxylic acids is 11. The van der Waals surface area contributed by atoms with Gasteiger partial charge < -0.3 is 111 Å². The minimum atomic E-state index is -2.02. The van der Waals surface area contributed by atoms with Gasteiger partial charge in [-0.05, 0) is 83.3 Å². The minimum Gasteiger partial charge on any atom is -0.457 e. The number of likely N-dealkylation sites (tertiary alicyclic amines) is 1. The third kappa shape index (κ3) is 30.9. The van der Waals surface area contributed by atoms with Crippen LogP contribution >= 0.6 is 0 Å². The molecule has 4 atom stereocenters. The second-order valence-electron chi connectivity index (χ2n) is 28.3. The molecule has 3 aromatic rings. The number of hydrogen-bond donors (Lipinski definition) is 10. The van der Waals surface area contributed by atoms with E-state index in [9.17, 15) is 57.5 Å². The van der Waals surface area contributed by atoms with Crippen LogP contribution in [0.4, 0.5) is 0 Å². The maximum Gasteiger partial charge on any atom is 0.355 e. The predicted molar refractivity (Wildman–Crippen MR) is 417 cm³/mol. The number of fused-ring (bicyclic) bond motifs is 5. The van der Waals surface area contributed by atoms with E-state index in [0.717, 1.165) is 22.0 Å². The molecular weight excluding hydrogens is 1470 g/mol. The van der Waals surface area contributed by atoms with Crippen LogP contribution in [0.3, 0.4) is 0 Å². The number of hydrogen-bond acceptors (Lipinski definition) is 26. The van der Waals surface area contributed by atoms with Gasteiger partial charge >= 0.3 is 11.9 Å². The van der Waals surface area contributed by atoms with E-state index in [1.54, 1.807) is 38.5 Å². The summed E-state index contributed by atoms with van der Waals surface area (Å²) in [6, 6.07) is 6.12. The predicted octanol–water partition coefficient (Wildman–Crippen LogP) is -1.95. The van der Waals surface area contributed by atoms with E-state index in [1.807, 2.05) is 50.2 Å². The Labute approximate surface area is 661 Å². The van der Waals surface area contributed by atoms with E-state index < -0.39 is 77.0 Å². The summed E-state index contributed by atoms with van der Waals surface area (Å²) in [6.45, 7) is 15.7. The van der Waals surface area contributed by atoms with Gasteiger partial charge in [-0.15, -0.1) is 0 Å². The average Bonchev–Trinajstić information content (AvgIpc) is 1.64. The first-order valence-electron chi connectivity index (χ1n) is 39.5. The fourth-order valence-corrected chi connectivity index (χ4v) is 13.0. The van der Waals surface area contributed by atoms with E-state index in [2.05, 4.69) is 52.3 Å². The lowest BCUT2D eigenvalue weighted by molar-refractivity contribution is -0.191. The van der Waals surface area contributed by atoms with Crippen molar-refractivity contribution in [3.63, 3.8) is 0 Å². The first-order chi connectivity index (χ1) is 54.4. The van der Waals surface area contributed by atoms with Gasteiger partial charge in [-0.1, -0.05) is 45.9 Å². The molecule has 0 saturated carbocycles. The third-order valence-corrected chi connectivity index (χ3v) is 19.4. The van der Waals surface area contributed by atoms with Crippen molar-refractivity contribution in [3.8, 4) is 11.4 Å². The van der Waals surface area contributed by atoms with E-state index >= 15 is 0 Å². The van der Waals surface area contributed by atoms with Gasteiger partial charge in [-0.3, -0.25) is 52.8 Å². The summed E-state index contributed by atoms with van der Waals surface area (Å²) in [5, 5.41) is 22.8. The molecule has 0 radical (unpaired) electrons. The Morgan fingerprint density at radius 2 is 1.16 bits per heavy atom. The highest BCUT2D eigenvalue weighted by molar-refractivity contribution is 5.95. The molecule has 3 aliphatic rings. The normalized spacial score (nSPS) is 15.5. The number of benzene rings is 1. The van der Waals surface area contributed by atoms with Crippen molar-refractivity contribution in [3.05, 3.63) is 62.9 Å². The Bertz CT molecular complexity index is 3660. The molecule has 0 spiro atoms. The van der Waals surface area contributed by atoms with E-state index in [0.29, 0.717) is 149 Å². The molecule has 113 heavy (non-hydrogen) atoms. The van der Waals surface area contributed by atoms with Crippen LogP contribution in [-0.4, -0.2) is 311 Å². The van der Waals surface area contributed by atoms with Crippen LogP contribution in [0.1, 0.15) is 114 Å². The van der Waals surface area contributed by atoms with Crippen molar-refractivity contribution < 1.29 is 90.6 Å². The number of nitrogens with zero attached hydrogens (tertiary/aromatic N) is 6. The number of esters is 2.